The fourth-order valence-corrected chi connectivity index (χ4v) is 3.72. The molecule has 0 spiro atoms. The van der Waals surface area contributed by atoms with Gasteiger partial charge in [-0.15, -0.1) is 34.7 Å². The molecule has 0 atom stereocenters. The highest BCUT2D eigenvalue weighted by Gasteiger charge is 2.18. The Morgan fingerprint density at radius 2 is 0.759 bits per heavy atom. The van der Waals surface area contributed by atoms with Crippen LogP contribution in [0.15, 0.2) is 140 Å². The largest absolute Gasteiger partial charge is 0.459 e. The van der Waals surface area contributed by atoms with Crippen LogP contribution in [0.5, 0.6) is 18.0 Å². The second kappa shape index (κ2) is 25.8. The third kappa shape index (κ3) is 14.6. The number of esters is 2. The Hall–Kier alpha value is -7.10. The van der Waals surface area contributed by atoms with Crippen LogP contribution in [0.1, 0.15) is 20.7 Å². The lowest BCUT2D eigenvalue weighted by molar-refractivity contribution is 0.0503. The highest BCUT2D eigenvalue weighted by Crippen LogP contribution is 2.15. The van der Waals surface area contributed by atoms with Crippen LogP contribution in [-0.2, 0) is 29.1 Å². The van der Waals surface area contributed by atoms with E-state index >= 15 is 0 Å². The number of aromatic nitrogens is 6. The average molecular weight is 745 g/mol. The van der Waals surface area contributed by atoms with Gasteiger partial charge in [0.1, 0.15) is 33.0 Å². The summed E-state index contributed by atoms with van der Waals surface area (Å²) in [5.74, 6) is -1.16. The lowest BCUT2D eigenvalue weighted by atomic mass is 10.1. The Kier molecular flexibility index (Phi) is 21.5. The summed E-state index contributed by atoms with van der Waals surface area (Å²) in [7, 11) is 0. The van der Waals surface area contributed by atoms with Crippen molar-refractivity contribution in [3.63, 3.8) is 0 Å². The highest BCUT2D eigenvalue weighted by atomic mass is 16.5. The molecular weight excluding hydrogens is 700 g/mol. The summed E-state index contributed by atoms with van der Waals surface area (Å²) in [5, 5.41) is 0. The van der Waals surface area contributed by atoms with E-state index in [9.17, 15) is 24.0 Å². The van der Waals surface area contributed by atoms with Crippen molar-refractivity contribution in [2.75, 3.05) is 33.0 Å². The maximum absolute atomic E-state index is 11.9. The first-order valence-electron chi connectivity index (χ1n) is 16.0. The quantitative estimate of drug-likeness (QED) is 0.114. The van der Waals surface area contributed by atoms with Crippen LogP contribution in [0, 0.1) is 0 Å². The van der Waals surface area contributed by atoms with Gasteiger partial charge in [-0.05, 0) is 12.1 Å². The van der Waals surface area contributed by atoms with Gasteiger partial charge in [0.25, 0.3) is 0 Å². The maximum Gasteiger partial charge on any atom is 0.339 e. The summed E-state index contributed by atoms with van der Waals surface area (Å²) < 4.78 is 28.2. The first-order valence-corrected chi connectivity index (χ1v) is 16.0. The van der Waals surface area contributed by atoms with Crippen LogP contribution >= 0.6 is 0 Å². The minimum absolute atomic E-state index is 0.0478. The van der Waals surface area contributed by atoms with Gasteiger partial charge in [0.15, 0.2) is 0 Å². The van der Waals surface area contributed by atoms with E-state index < -0.39 is 29.0 Å². The van der Waals surface area contributed by atoms with E-state index in [-0.39, 0.29) is 81.8 Å². The summed E-state index contributed by atoms with van der Waals surface area (Å²) in [6.07, 6.45) is 11.9. The van der Waals surface area contributed by atoms with Gasteiger partial charge in [-0.1, -0.05) is 93.6 Å². The molecule has 0 N–H and O–H groups in total. The number of hydrogen-bond acceptors (Lipinski definition) is 13. The first-order chi connectivity index (χ1) is 26.1. The van der Waals surface area contributed by atoms with E-state index in [1.165, 1.54) is 42.5 Å². The fraction of sp³-hybridized carbons (Fsp3) is 0.211. The molecule has 0 bridgehead atoms. The predicted molar refractivity (Wildman–Crippen MR) is 204 cm³/mol. The number of hydrogen-bond donors (Lipinski definition) is 0. The van der Waals surface area contributed by atoms with Crippen LogP contribution in [0.3, 0.4) is 0 Å². The Balaban J connectivity index is 0.000000405. The van der Waals surface area contributed by atoms with E-state index in [4.69, 9.17) is 23.7 Å². The van der Waals surface area contributed by atoms with Crippen LogP contribution in [0.25, 0.3) is 0 Å². The maximum atomic E-state index is 11.9. The molecule has 0 radical (unpaired) electrons. The van der Waals surface area contributed by atoms with Gasteiger partial charge in [-0.2, -0.15) is 0 Å². The summed E-state index contributed by atoms with van der Waals surface area (Å²) in [4.78, 5) is 71.1. The second-order valence-electron chi connectivity index (χ2n) is 9.85. The molecule has 2 heterocycles. The van der Waals surface area contributed by atoms with Crippen LogP contribution in [0.4, 0.5) is 0 Å². The number of ether oxygens (including phenoxy) is 5. The van der Waals surface area contributed by atoms with Gasteiger partial charge >= 0.3 is 47.0 Å². The van der Waals surface area contributed by atoms with Crippen LogP contribution < -0.4 is 31.3 Å². The molecule has 1 aromatic carbocycles. The third-order valence-corrected chi connectivity index (χ3v) is 5.92. The van der Waals surface area contributed by atoms with Gasteiger partial charge in [-0.25, -0.2) is 37.7 Å². The Bertz CT molecular complexity index is 1740. The van der Waals surface area contributed by atoms with E-state index in [1.807, 2.05) is 0 Å². The van der Waals surface area contributed by atoms with Gasteiger partial charge < -0.3 is 23.7 Å². The number of nitrogens with zero attached hydrogens (tertiary/aromatic N) is 6. The van der Waals surface area contributed by atoms with Crippen molar-refractivity contribution in [3.8, 4) is 18.0 Å². The molecular formula is C38H44N6O10. The Labute approximate surface area is 312 Å². The minimum atomic E-state index is -0.662. The van der Waals surface area contributed by atoms with E-state index in [0.717, 1.165) is 13.7 Å². The van der Waals surface area contributed by atoms with Crippen molar-refractivity contribution in [2.45, 2.75) is 19.6 Å². The number of allylic oxidation sites excluding steroid dienone is 3. The van der Waals surface area contributed by atoms with Crippen molar-refractivity contribution in [1.29, 1.82) is 0 Å². The molecule has 286 valence electrons. The van der Waals surface area contributed by atoms with Gasteiger partial charge in [-0.3, -0.25) is 0 Å². The average Bonchev–Trinajstić information content (AvgIpc) is 3.19. The molecule has 16 nitrogen and oxygen atoms in total. The minimum Gasteiger partial charge on any atom is -0.459 e. The lowest BCUT2D eigenvalue weighted by Crippen LogP contribution is -2.54. The zero-order valence-electron chi connectivity index (χ0n) is 30.0. The number of carbonyl (C=O) groups excluding carboxylic acids is 2. The standard InChI is InChI=1S/C14H14O4.2C12H15N3O3/c1-3-9-17-13(15)11-7-5-6-8-12(11)14(16)18-10-4-2;1-4-7-16-10-13-11(17-8-5-2)15-12(14-10)18-9-6-3;1-4-7-13-10(16)14(8-5-2)12(18)15(9-6-3)11(13)17/h3-8H,1-2,9-10H2;2*4-6H,1-3,7-9H2. The zero-order valence-corrected chi connectivity index (χ0v) is 30.0. The summed E-state index contributed by atoms with van der Waals surface area (Å²) in [5.41, 5.74) is -1.64. The summed E-state index contributed by atoms with van der Waals surface area (Å²) >= 11 is 0. The molecule has 0 unspecified atom stereocenters. The molecule has 54 heavy (non-hydrogen) atoms. The monoisotopic (exact) mass is 744 g/mol. The van der Waals surface area contributed by atoms with Gasteiger partial charge in [0, 0.05) is 0 Å². The van der Waals surface area contributed by atoms with Crippen molar-refractivity contribution in [1.82, 2.24) is 28.7 Å². The van der Waals surface area contributed by atoms with Crippen LogP contribution in [0.2, 0.25) is 0 Å². The predicted octanol–water partition coefficient (Wildman–Crippen LogP) is 3.67. The first kappa shape index (κ1) is 44.9. The lowest BCUT2D eigenvalue weighted by Gasteiger charge is -2.10. The van der Waals surface area contributed by atoms with Crippen molar-refractivity contribution in [3.05, 3.63) is 168 Å². The Morgan fingerprint density at radius 1 is 0.481 bits per heavy atom. The normalized spacial score (nSPS) is 9.56. The molecule has 0 aliphatic rings. The van der Waals surface area contributed by atoms with E-state index in [2.05, 4.69) is 67.6 Å². The molecule has 0 aliphatic heterocycles. The SMILES string of the molecule is C=CCOC(=O)c1ccccc1C(=O)OCC=C.C=CCOc1nc(OCC=C)nc(OCC=C)n1.C=CCn1c(=O)n(CC=C)c(=O)n(CC=C)c1=O. The molecule has 0 saturated carbocycles. The summed E-state index contributed by atoms with van der Waals surface area (Å²) in [6, 6.07) is 6.66. The molecule has 3 rings (SSSR count). The molecule has 2 aromatic heterocycles. The smallest absolute Gasteiger partial charge is 0.339 e. The topological polar surface area (TPSA) is 185 Å². The van der Waals surface area contributed by atoms with Crippen molar-refractivity contribution >= 4 is 11.9 Å². The Morgan fingerprint density at radius 3 is 1.00 bits per heavy atom. The zero-order chi connectivity index (χ0) is 40.3. The van der Waals surface area contributed by atoms with Gasteiger partial charge in [0.05, 0.1) is 30.8 Å². The molecule has 3 aromatic rings. The molecule has 0 saturated heterocycles. The molecule has 0 amide bonds. The van der Waals surface area contributed by atoms with E-state index in [1.54, 1.807) is 30.4 Å². The third-order valence-electron chi connectivity index (χ3n) is 5.92. The highest BCUT2D eigenvalue weighted by molar-refractivity contribution is 6.03. The van der Waals surface area contributed by atoms with E-state index in [0.29, 0.717) is 0 Å². The molecule has 0 aliphatic carbocycles. The number of benzene rings is 1. The fourth-order valence-electron chi connectivity index (χ4n) is 3.72. The van der Waals surface area contributed by atoms with Crippen LogP contribution in [-0.4, -0.2) is 73.6 Å². The summed E-state index contributed by atoms with van der Waals surface area (Å²) in [6.45, 7) is 29.1. The van der Waals surface area contributed by atoms with Crippen molar-refractivity contribution < 1.29 is 33.3 Å². The number of carbonyl (C=O) groups is 2. The second-order valence-corrected chi connectivity index (χ2v) is 9.85. The van der Waals surface area contributed by atoms with Gasteiger partial charge in [0.2, 0.25) is 0 Å². The van der Waals surface area contributed by atoms with Crippen molar-refractivity contribution in [2.24, 2.45) is 0 Å². The number of rotatable bonds is 21. The molecule has 16 heteroatoms. The molecule has 0 fully saturated rings.